The van der Waals surface area contributed by atoms with Crippen molar-refractivity contribution in [2.24, 2.45) is 11.3 Å². The molecule has 0 saturated carbocycles. The van der Waals surface area contributed by atoms with Gasteiger partial charge in [-0.2, -0.15) is 0 Å². The van der Waals surface area contributed by atoms with Crippen molar-refractivity contribution in [2.75, 3.05) is 6.61 Å². The fourth-order valence-electron chi connectivity index (χ4n) is 1.76. The van der Waals surface area contributed by atoms with Crippen LogP contribution in [0.15, 0.2) is 37.5 Å². The zero-order valence-corrected chi connectivity index (χ0v) is 12.5. The third kappa shape index (κ3) is 4.91. The van der Waals surface area contributed by atoms with Crippen molar-refractivity contribution in [3.05, 3.63) is 37.5 Å². The van der Waals surface area contributed by atoms with E-state index in [9.17, 15) is 13.6 Å². The van der Waals surface area contributed by atoms with Crippen LogP contribution in [0.2, 0.25) is 0 Å². The molecular formula is C16H24F2O2. The van der Waals surface area contributed by atoms with Gasteiger partial charge in [0.25, 0.3) is 5.92 Å². The molecule has 0 radical (unpaired) electrons. The smallest absolute Gasteiger partial charge is 0.330 e. The summed E-state index contributed by atoms with van der Waals surface area (Å²) in [5.74, 6) is -4.51. The third-order valence-corrected chi connectivity index (χ3v) is 3.45. The Morgan fingerprint density at radius 2 is 1.85 bits per heavy atom. The molecule has 0 spiro atoms. The van der Waals surface area contributed by atoms with Gasteiger partial charge in [-0.05, 0) is 12.8 Å². The standard InChI is InChI=1S/C16H24F2O2/c1-7-12(3)9-10-13(4)16(17,18)15(5,6)11-20-14(19)8-2/h7-8,13H,1-3,9-11H2,4-6H3. The Kier molecular flexibility index (Phi) is 6.83. The highest BCUT2D eigenvalue weighted by Crippen LogP contribution is 2.44. The number of halogens is 2. The lowest BCUT2D eigenvalue weighted by molar-refractivity contribution is -0.176. The quantitative estimate of drug-likeness (QED) is 0.353. The van der Waals surface area contributed by atoms with Gasteiger partial charge < -0.3 is 4.74 Å². The molecule has 0 saturated heterocycles. The number of hydrogen-bond donors (Lipinski definition) is 0. The maximum Gasteiger partial charge on any atom is 0.330 e. The molecular weight excluding hydrogens is 262 g/mol. The van der Waals surface area contributed by atoms with Crippen molar-refractivity contribution in [1.82, 2.24) is 0 Å². The second kappa shape index (κ2) is 7.36. The number of esters is 1. The van der Waals surface area contributed by atoms with Gasteiger partial charge in [0, 0.05) is 12.0 Å². The summed E-state index contributed by atoms with van der Waals surface area (Å²) in [5, 5.41) is 0. The Morgan fingerprint density at radius 1 is 1.30 bits per heavy atom. The van der Waals surface area contributed by atoms with Gasteiger partial charge in [-0.1, -0.05) is 52.2 Å². The molecule has 0 N–H and O–H groups in total. The Bertz CT molecular complexity index is 384. The van der Waals surface area contributed by atoms with Gasteiger partial charge in [0.2, 0.25) is 0 Å². The average molecular weight is 286 g/mol. The van der Waals surface area contributed by atoms with Crippen molar-refractivity contribution >= 4 is 5.97 Å². The van der Waals surface area contributed by atoms with Crippen LogP contribution in [0.5, 0.6) is 0 Å². The summed E-state index contributed by atoms with van der Waals surface area (Å²) in [6, 6.07) is 0. The fourth-order valence-corrected chi connectivity index (χ4v) is 1.76. The van der Waals surface area contributed by atoms with E-state index >= 15 is 0 Å². The van der Waals surface area contributed by atoms with E-state index in [0.29, 0.717) is 12.8 Å². The number of ether oxygens (including phenoxy) is 1. The Balaban J connectivity index is 4.71. The van der Waals surface area contributed by atoms with E-state index in [1.807, 2.05) is 0 Å². The number of rotatable bonds is 9. The van der Waals surface area contributed by atoms with Crippen LogP contribution in [-0.2, 0) is 9.53 Å². The Labute approximate surface area is 120 Å². The predicted octanol–water partition coefficient (Wildman–Crippen LogP) is 4.54. The lowest BCUT2D eigenvalue weighted by Gasteiger charge is -2.37. The highest BCUT2D eigenvalue weighted by atomic mass is 19.3. The first-order valence-electron chi connectivity index (χ1n) is 6.55. The highest BCUT2D eigenvalue weighted by molar-refractivity contribution is 5.81. The first-order valence-corrected chi connectivity index (χ1v) is 6.55. The van der Waals surface area contributed by atoms with Crippen LogP contribution in [0.25, 0.3) is 0 Å². The monoisotopic (exact) mass is 286 g/mol. The van der Waals surface area contributed by atoms with Crippen LogP contribution in [0.3, 0.4) is 0 Å². The molecule has 4 heteroatoms. The van der Waals surface area contributed by atoms with Crippen LogP contribution < -0.4 is 0 Å². The van der Waals surface area contributed by atoms with Gasteiger partial charge in [0.05, 0.1) is 5.41 Å². The minimum absolute atomic E-state index is 0.302. The molecule has 0 aromatic carbocycles. The SMILES string of the molecule is C=CC(=C)CCC(C)C(F)(F)C(C)(C)COC(=O)C=C. The van der Waals surface area contributed by atoms with Crippen molar-refractivity contribution in [3.63, 3.8) is 0 Å². The molecule has 2 nitrogen and oxygen atoms in total. The summed E-state index contributed by atoms with van der Waals surface area (Å²) in [7, 11) is 0. The zero-order valence-electron chi connectivity index (χ0n) is 12.5. The van der Waals surface area contributed by atoms with Crippen LogP contribution in [0.4, 0.5) is 8.78 Å². The summed E-state index contributed by atoms with van der Waals surface area (Å²) in [5.41, 5.74) is -0.704. The first-order chi connectivity index (χ1) is 9.08. The zero-order chi connectivity index (χ0) is 16.0. The van der Waals surface area contributed by atoms with Crippen molar-refractivity contribution in [2.45, 2.75) is 39.5 Å². The van der Waals surface area contributed by atoms with E-state index in [1.165, 1.54) is 20.8 Å². The molecule has 0 aromatic rings. The molecule has 0 aliphatic rings. The lowest BCUT2D eigenvalue weighted by Crippen LogP contribution is -2.45. The lowest BCUT2D eigenvalue weighted by atomic mass is 9.77. The van der Waals surface area contributed by atoms with Gasteiger partial charge in [-0.15, -0.1) is 0 Å². The molecule has 0 aliphatic heterocycles. The van der Waals surface area contributed by atoms with Gasteiger partial charge in [-0.25, -0.2) is 13.6 Å². The summed E-state index contributed by atoms with van der Waals surface area (Å²) in [6.07, 6.45) is 3.31. The topological polar surface area (TPSA) is 26.3 Å². The van der Waals surface area contributed by atoms with E-state index in [-0.39, 0.29) is 6.61 Å². The third-order valence-electron chi connectivity index (χ3n) is 3.45. The van der Waals surface area contributed by atoms with Gasteiger partial charge in [0.15, 0.2) is 0 Å². The molecule has 0 aromatic heterocycles. The van der Waals surface area contributed by atoms with Gasteiger partial charge >= 0.3 is 5.97 Å². The predicted molar refractivity (Wildman–Crippen MR) is 77.6 cm³/mol. The Hall–Kier alpha value is -1.45. The van der Waals surface area contributed by atoms with Crippen LogP contribution in [-0.4, -0.2) is 18.5 Å². The molecule has 0 rings (SSSR count). The van der Waals surface area contributed by atoms with Gasteiger partial charge in [0.1, 0.15) is 6.61 Å². The number of alkyl halides is 2. The minimum Gasteiger partial charge on any atom is -0.462 e. The molecule has 114 valence electrons. The molecule has 20 heavy (non-hydrogen) atoms. The van der Waals surface area contributed by atoms with Crippen molar-refractivity contribution in [1.29, 1.82) is 0 Å². The number of hydrogen-bond acceptors (Lipinski definition) is 2. The summed E-state index contributed by atoms with van der Waals surface area (Å²) in [4.78, 5) is 11.0. The van der Waals surface area contributed by atoms with E-state index in [4.69, 9.17) is 4.74 Å². The molecule has 0 heterocycles. The molecule has 0 fully saturated rings. The summed E-state index contributed by atoms with van der Waals surface area (Å²) >= 11 is 0. The number of carbonyl (C=O) groups is 1. The van der Waals surface area contributed by atoms with Crippen molar-refractivity contribution < 1.29 is 18.3 Å². The molecule has 0 bridgehead atoms. The minimum atomic E-state index is -2.96. The normalized spacial score (nSPS) is 13.4. The second-order valence-electron chi connectivity index (χ2n) is 5.62. The maximum atomic E-state index is 14.4. The maximum absolute atomic E-state index is 14.4. The van der Waals surface area contributed by atoms with E-state index in [0.717, 1.165) is 11.6 Å². The molecule has 1 unspecified atom stereocenters. The fraction of sp³-hybridized carbons (Fsp3) is 0.562. The Morgan fingerprint density at radius 3 is 2.30 bits per heavy atom. The van der Waals surface area contributed by atoms with E-state index < -0.39 is 23.2 Å². The summed E-state index contributed by atoms with van der Waals surface area (Å²) < 4.78 is 33.6. The van der Waals surface area contributed by atoms with E-state index in [2.05, 4.69) is 19.7 Å². The molecule has 1 atom stereocenters. The van der Waals surface area contributed by atoms with Crippen molar-refractivity contribution in [3.8, 4) is 0 Å². The molecule has 0 aliphatic carbocycles. The van der Waals surface area contributed by atoms with Crippen LogP contribution >= 0.6 is 0 Å². The molecule has 0 amide bonds. The van der Waals surface area contributed by atoms with E-state index in [1.54, 1.807) is 6.08 Å². The number of carbonyl (C=O) groups excluding carboxylic acids is 1. The largest absolute Gasteiger partial charge is 0.462 e. The second-order valence-corrected chi connectivity index (χ2v) is 5.62. The first kappa shape index (κ1) is 18.6. The highest BCUT2D eigenvalue weighted by Gasteiger charge is 2.51. The average Bonchev–Trinajstić information content (AvgIpc) is 2.41. The van der Waals surface area contributed by atoms with Crippen LogP contribution in [0, 0.1) is 11.3 Å². The number of allylic oxidation sites excluding steroid dienone is 2. The van der Waals surface area contributed by atoms with Crippen LogP contribution in [0.1, 0.15) is 33.6 Å². The van der Waals surface area contributed by atoms with Gasteiger partial charge in [-0.3, -0.25) is 0 Å². The summed E-state index contributed by atoms with van der Waals surface area (Å²) in [6.45, 7) is 14.4.